The molecule has 0 radical (unpaired) electrons. The lowest BCUT2D eigenvalue weighted by Crippen LogP contribution is -2.34. The normalized spacial score (nSPS) is 10.7. The molecule has 3 aromatic rings. The molecule has 0 fully saturated rings. The lowest BCUT2D eigenvalue weighted by Gasteiger charge is -2.08. The monoisotopic (exact) mass is 395 g/mol. The van der Waals surface area contributed by atoms with Gasteiger partial charge in [-0.3, -0.25) is 14.2 Å². The van der Waals surface area contributed by atoms with Crippen LogP contribution in [0.25, 0.3) is 10.9 Å². The number of rotatable bonds is 8. The number of fused-ring (bicyclic) bond motifs is 1. The van der Waals surface area contributed by atoms with Crippen molar-refractivity contribution in [3.63, 3.8) is 0 Å². The van der Waals surface area contributed by atoms with Crippen molar-refractivity contribution in [2.75, 3.05) is 12.3 Å². The predicted octanol–water partition coefficient (Wildman–Crippen LogP) is 2.54. The Hall–Kier alpha value is -3.06. The molecular weight excluding hydrogens is 374 g/mol. The van der Waals surface area contributed by atoms with Crippen LogP contribution in [0.3, 0.4) is 0 Å². The molecule has 1 heterocycles. The molecule has 1 amide bonds. The summed E-state index contributed by atoms with van der Waals surface area (Å²) in [6.45, 7) is 4.21. The molecule has 6 nitrogen and oxygen atoms in total. The molecule has 0 aliphatic heterocycles. The minimum absolute atomic E-state index is 0.132. The summed E-state index contributed by atoms with van der Waals surface area (Å²) in [5, 5.41) is 3.22. The Kier molecular flexibility index (Phi) is 6.49. The first-order chi connectivity index (χ1) is 13.6. The van der Waals surface area contributed by atoms with Gasteiger partial charge in [0.1, 0.15) is 0 Å². The van der Waals surface area contributed by atoms with Gasteiger partial charge in [0.05, 0.1) is 10.9 Å². The number of aromatic amines is 1. The molecule has 2 N–H and O–H groups in total. The largest absolute Gasteiger partial charge is 0.351 e. The average molecular weight is 395 g/mol. The molecule has 28 heavy (non-hydrogen) atoms. The van der Waals surface area contributed by atoms with Gasteiger partial charge in [0.2, 0.25) is 0 Å². The van der Waals surface area contributed by atoms with Crippen LogP contribution in [-0.4, -0.2) is 27.8 Å². The summed E-state index contributed by atoms with van der Waals surface area (Å²) in [5.74, 6) is 1.45. The van der Waals surface area contributed by atoms with Crippen LogP contribution in [0.4, 0.5) is 0 Å². The van der Waals surface area contributed by atoms with E-state index < -0.39 is 11.2 Å². The van der Waals surface area contributed by atoms with E-state index in [-0.39, 0.29) is 12.5 Å². The van der Waals surface area contributed by atoms with Gasteiger partial charge in [-0.25, -0.2) is 4.79 Å². The van der Waals surface area contributed by atoms with E-state index in [1.807, 2.05) is 18.2 Å². The fourth-order valence-corrected chi connectivity index (χ4v) is 3.61. The number of H-pyrrole nitrogens is 1. The Morgan fingerprint density at radius 2 is 1.96 bits per heavy atom. The minimum Gasteiger partial charge on any atom is -0.351 e. The van der Waals surface area contributed by atoms with Crippen molar-refractivity contribution in [2.24, 2.45) is 0 Å². The number of carbonyl (C=O) groups is 1. The third-order valence-corrected chi connectivity index (χ3v) is 5.23. The van der Waals surface area contributed by atoms with Gasteiger partial charge in [0.15, 0.2) is 0 Å². The highest BCUT2D eigenvalue weighted by atomic mass is 32.2. The molecule has 0 aliphatic carbocycles. The zero-order valence-electron chi connectivity index (χ0n) is 15.3. The number of nitrogens with zero attached hydrogens (tertiary/aromatic N) is 1. The van der Waals surface area contributed by atoms with E-state index in [4.69, 9.17) is 0 Å². The van der Waals surface area contributed by atoms with Gasteiger partial charge >= 0.3 is 5.69 Å². The van der Waals surface area contributed by atoms with Crippen LogP contribution in [-0.2, 0) is 12.3 Å². The van der Waals surface area contributed by atoms with Crippen LogP contribution in [0.15, 0.2) is 70.8 Å². The molecule has 2 aromatic carbocycles. The summed E-state index contributed by atoms with van der Waals surface area (Å²) in [5.41, 5.74) is 1.08. The van der Waals surface area contributed by atoms with E-state index in [0.29, 0.717) is 23.0 Å². The van der Waals surface area contributed by atoms with Crippen molar-refractivity contribution in [3.8, 4) is 0 Å². The third kappa shape index (κ3) is 4.61. The van der Waals surface area contributed by atoms with Gasteiger partial charge in [0, 0.05) is 30.2 Å². The first-order valence-electron chi connectivity index (χ1n) is 8.88. The first kappa shape index (κ1) is 19.7. The fourth-order valence-electron chi connectivity index (χ4n) is 2.79. The summed E-state index contributed by atoms with van der Waals surface area (Å²) >= 11 is 1.74. The number of hydrogen-bond donors (Lipinski definition) is 2. The van der Waals surface area contributed by atoms with Gasteiger partial charge in [-0.1, -0.05) is 36.4 Å². The highest BCUT2D eigenvalue weighted by Gasteiger charge is 2.10. The number of aromatic nitrogens is 2. The number of thioether (sulfide) groups is 1. The fraction of sp³-hybridized carbons (Fsp3) is 0.190. The van der Waals surface area contributed by atoms with Gasteiger partial charge in [-0.15, -0.1) is 6.58 Å². The van der Waals surface area contributed by atoms with Crippen LogP contribution < -0.4 is 16.6 Å². The number of hydrogen-bond acceptors (Lipinski definition) is 4. The van der Waals surface area contributed by atoms with E-state index in [1.54, 1.807) is 23.9 Å². The molecule has 0 spiro atoms. The molecule has 0 bridgehead atoms. The third-order valence-electron chi connectivity index (χ3n) is 4.20. The zero-order chi connectivity index (χ0) is 19.9. The molecule has 0 saturated carbocycles. The molecule has 0 saturated heterocycles. The number of nitrogens with one attached hydrogen (secondary N) is 2. The Labute approximate surface area is 166 Å². The SMILES string of the molecule is C=CCn1c(=O)[nH]c2cc(C(=O)NCCSCc3ccccc3)ccc2c1=O. The van der Waals surface area contributed by atoms with Crippen LogP contribution >= 0.6 is 11.8 Å². The maximum Gasteiger partial charge on any atom is 0.329 e. The molecule has 7 heteroatoms. The number of allylic oxidation sites excluding steroid dienone is 1. The van der Waals surface area contributed by atoms with Crippen LogP contribution in [0.1, 0.15) is 15.9 Å². The number of carbonyl (C=O) groups excluding carboxylic acids is 1. The first-order valence-corrected chi connectivity index (χ1v) is 10.0. The highest BCUT2D eigenvalue weighted by molar-refractivity contribution is 7.98. The zero-order valence-corrected chi connectivity index (χ0v) is 16.1. The molecule has 0 unspecified atom stereocenters. The Bertz CT molecular complexity index is 1100. The summed E-state index contributed by atoms with van der Waals surface area (Å²) in [7, 11) is 0. The second-order valence-electron chi connectivity index (χ2n) is 6.19. The Morgan fingerprint density at radius 3 is 2.71 bits per heavy atom. The van der Waals surface area contributed by atoms with Crippen molar-refractivity contribution >= 4 is 28.6 Å². The van der Waals surface area contributed by atoms with Crippen molar-refractivity contribution < 1.29 is 4.79 Å². The van der Waals surface area contributed by atoms with Gasteiger partial charge in [0.25, 0.3) is 11.5 Å². The second kappa shape index (κ2) is 9.23. The van der Waals surface area contributed by atoms with Gasteiger partial charge in [-0.2, -0.15) is 11.8 Å². The van der Waals surface area contributed by atoms with E-state index in [9.17, 15) is 14.4 Å². The van der Waals surface area contributed by atoms with Crippen molar-refractivity contribution in [1.82, 2.24) is 14.9 Å². The average Bonchev–Trinajstić information content (AvgIpc) is 2.71. The number of amides is 1. The van der Waals surface area contributed by atoms with E-state index >= 15 is 0 Å². The van der Waals surface area contributed by atoms with E-state index in [0.717, 1.165) is 16.1 Å². The maximum absolute atomic E-state index is 12.4. The highest BCUT2D eigenvalue weighted by Crippen LogP contribution is 2.12. The summed E-state index contributed by atoms with van der Waals surface area (Å²) in [6, 6.07) is 14.8. The molecule has 144 valence electrons. The Morgan fingerprint density at radius 1 is 1.18 bits per heavy atom. The van der Waals surface area contributed by atoms with Crippen molar-refractivity contribution in [1.29, 1.82) is 0 Å². The van der Waals surface area contributed by atoms with E-state index in [1.165, 1.54) is 17.7 Å². The van der Waals surface area contributed by atoms with Crippen molar-refractivity contribution in [3.05, 3.63) is 93.2 Å². The topological polar surface area (TPSA) is 84.0 Å². The summed E-state index contributed by atoms with van der Waals surface area (Å²) < 4.78 is 1.07. The quantitative estimate of drug-likeness (QED) is 0.453. The molecule has 3 rings (SSSR count). The minimum atomic E-state index is -0.521. The predicted molar refractivity (Wildman–Crippen MR) is 114 cm³/mol. The molecule has 0 aliphatic rings. The number of benzene rings is 2. The lowest BCUT2D eigenvalue weighted by atomic mass is 10.1. The van der Waals surface area contributed by atoms with E-state index in [2.05, 4.69) is 29.0 Å². The lowest BCUT2D eigenvalue weighted by molar-refractivity contribution is 0.0956. The van der Waals surface area contributed by atoms with Crippen LogP contribution in [0.2, 0.25) is 0 Å². The summed E-state index contributed by atoms with van der Waals surface area (Å²) in [6.07, 6.45) is 1.49. The molecule has 1 aromatic heterocycles. The maximum atomic E-state index is 12.4. The van der Waals surface area contributed by atoms with Gasteiger partial charge < -0.3 is 10.3 Å². The standard InChI is InChI=1S/C21H21N3O3S/c1-2-11-24-20(26)17-9-8-16(13-18(17)23-21(24)27)19(25)22-10-12-28-14-15-6-4-3-5-7-15/h2-9,13H,1,10-12,14H2,(H,22,25)(H,23,27). The van der Waals surface area contributed by atoms with Crippen LogP contribution in [0, 0.1) is 0 Å². The van der Waals surface area contributed by atoms with Gasteiger partial charge in [-0.05, 0) is 23.8 Å². The smallest absolute Gasteiger partial charge is 0.329 e. The van der Waals surface area contributed by atoms with Crippen molar-refractivity contribution in [2.45, 2.75) is 12.3 Å². The van der Waals surface area contributed by atoms with Crippen LogP contribution in [0.5, 0.6) is 0 Å². The molecule has 0 atom stereocenters. The molecular formula is C21H21N3O3S. The second-order valence-corrected chi connectivity index (χ2v) is 7.29. The Balaban J connectivity index is 1.62. The summed E-state index contributed by atoms with van der Waals surface area (Å²) in [4.78, 5) is 39.4.